The van der Waals surface area contributed by atoms with Crippen molar-refractivity contribution in [3.05, 3.63) is 23.3 Å². The van der Waals surface area contributed by atoms with E-state index in [0.717, 1.165) is 24.5 Å². The van der Waals surface area contributed by atoms with E-state index in [-0.39, 0.29) is 0 Å². The Bertz CT molecular complexity index is 348. The molecule has 0 amide bonds. The fourth-order valence-electron chi connectivity index (χ4n) is 1.72. The third-order valence-corrected chi connectivity index (χ3v) is 2.52. The number of rotatable bonds is 5. The maximum Gasteiger partial charge on any atom is 0.142 e. The molecule has 3 heteroatoms. The Balaban J connectivity index is 2.77. The molecule has 3 nitrogen and oxygen atoms in total. The summed E-state index contributed by atoms with van der Waals surface area (Å²) in [6.45, 7) is 6.12. The van der Waals surface area contributed by atoms with E-state index in [1.165, 1.54) is 11.1 Å². The lowest BCUT2D eigenvalue weighted by Gasteiger charge is -2.16. The zero-order valence-electron chi connectivity index (χ0n) is 10.9. The van der Waals surface area contributed by atoms with Crippen molar-refractivity contribution in [2.75, 3.05) is 39.6 Å². The summed E-state index contributed by atoms with van der Waals surface area (Å²) in [6, 6.07) is 4.23. The fraction of sp³-hybridized carbons (Fsp3) is 0.538. The van der Waals surface area contributed by atoms with E-state index in [0.29, 0.717) is 0 Å². The zero-order valence-corrected chi connectivity index (χ0v) is 10.9. The number of benzene rings is 1. The highest BCUT2D eigenvalue weighted by Gasteiger charge is 2.06. The molecule has 1 aromatic carbocycles. The van der Waals surface area contributed by atoms with Crippen LogP contribution < -0.4 is 10.1 Å². The number of ether oxygens (including phenoxy) is 1. The lowest BCUT2D eigenvalue weighted by molar-refractivity contribution is 0.412. The van der Waals surface area contributed by atoms with Gasteiger partial charge >= 0.3 is 0 Å². The van der Waals surface area contributed by atoms with Crippen molar-refractivity contribution < 1.29 is 4.74 Å². The number of methoxy groups -OCH3 is 1. The van der Waals surface area contributed by atoms with Crippen LogP contribution in [0, 0.1) is 13.8 Å². The topological polar surface area (TPSA) is 24.5 Å². The first-order valence-corrected chi connectivity index (χ1v) is 5.58. The van der Waals surface area contributed by atoms with Crippen LogP contribution in [0.4, 0.5) is 5.69 Å². The van der Waals surface area contributed by atoms with Crippen LogP contribution in [0.2, 0.25) is 0 Å². The van der Waals surface area contributed by atoms with Gasteiger partial charge in [-0.1, -0.05) is 6.07 Å². The molecule has 0 spiro atoms. The van der Waals surface area contributed by atoms with Gasteiger partial charge in [-0.15, -0.1) is 0 Å². The van der Waals surface area contributed by atoms with Crippen LogP contribution in [0.15, 0.2) is 12.1 Å². The Labute approximate surface area is 98.4 Å². The average molecular weight is 222 g/mol. The van der Waals surface area contributed by atoms with Gasteiger partial charge in [0.2, 0.25) is 0 Å². The first kappa shape index (κ1) is 12.8. The molecular weight excluding hydrogens is 200 g/mol. The number of hydrogen-bond acceptors (Lipinski definition) is 3. The second kappa shape index (κ2) is 5.75. The van der Waals surface area contributed by atoms with Crippen LogP contribution in [0.5, 0.6) is 5.75 Å². The van der Waals surface area contributed by atoms with Crippen LogP contribution in [-0.2, 0) is 0 Å². The second-order valence-electron chi connectivity index (χ2n) is 4.39. The summed E-state index contributed by atoms with van der Waals surface area (Å²) in [4.78, 5) is 2.16. The molecule has 1 N–H and O–H groups in total. The molecule has 0 aromatic heterocycles. The highest BCUT2D eigenvalue weighted by molar-refractivity contribution is 5.63. The fourth-order valence-corrected chi connectivity index (χ4v) is 1.72. The summed E-state index contributed by atoms with van der Waals surface area (Å²) in [5.74, 6) is 0.927. The molecule has 90 valence electrons. The molecule has 0 heterocycles. The van der Waals surface area contributed by atoms with Crippen LogP contribution in [0.3, 0.4) is 0 Å². The summed E-state index contributed by atoms with van der Waals surface area (Å²) in [7, 11) is 5.85. The Morgan fingerprint density at radius 3 is 2.50 bits per heavy atom. The Morgan fingerprint density at radius 2 is 1.94 bits per heavy atom. The van der Waals surface area contributed by atoms with Crippen LogP contribution in [0.1, 0.15) is 11.1 Å². The van der Waals surface area contributed by atoms with Crippen molar-refractivity contribution in [2.45, 2.75) is 13.8 Å². The highest BCUT2D eigenvalue weighted by atomic mass is 16.5. The second-order valence-corrected chi connectivity index (χ2v) is 4.39. The smallest absolute Gasteiger partial charge is 0.142 e. The lowest BCUT2D eigenvalue weighted by atomic mass is 10.1. The number of anilines is 1. The first-order chi connectivity index (χ1) is 7.54. The summed E-state index contributed by atoms with van der Waals surface area (Å²) in [6.07, 6.45) is 0. The number of likely N-dealkylation sites (N-methyl/N-ethyl adjacent to an activating group) is 1. The van der Waals surface area contributed by atoms with E-state index in [9.17, 15) is 0 Å². The van der Waals surface area contributed by atoms with Crippen LogP contribution in [0.25, 0.3) is 0 Å². The zero-order chi connectivity index (χ0) is 12.1. The van der Waals surface area contributed by atoms with Crippen LogP contribution >= 0.6 is 0 Å². The predicted molar refractivity (Wildman–Crippen MR) is 69.5 cm³/mol. The van der Waals surface area contributed by atoms with Gasteiger partial charge in [0.1, 0.15) is 5.75 Å². The SMILES string of the molecule is COc1cc(C)cc(C)c1NCCN(C)C. The van der Waals surface area contributed by atoms with E-state index in [1.807, 2.05) is 0 Å². The summed E-state index contributed by atoms with van der Waals surface area (Å²) in [5, 5.41) is 3.42. The van der Waals surface area contributed by atoms with Gasteiger partial charge in [0.05, 0.1) is 12.8 Å². The van der Waals surface area contributed by atoms with Crippen molar-refractivity contribution in [1.29, 1.82) is 0 Å². The minimum Gasteiger partial charge on any atom is -0.495 e. The van der Waals surface area contributed by atoms with Gasteiger partial charge in [-0.3, -0.25) is 0 Å². The number of nitrogens with one attached hydrogen (secondary N) is 1. The molecule has 0 atom stereocenters. The molecule has 16 heavy (non-hydrogen) atoms. The third-order valence-electron chi connectivity index (χ3n) is 2.52. The summed E-state index contributed by atoms with van der Waals surface area (Å²) < 4.78 is 5.39. The highest BCUT2D eigenvalue weighted by Crippen LogP contribution is 2.29. The molecule has 0 aliphatic carbocycles. The van der Waals surface area contributed by atoms with E-state index in [1.54, 1.807) is 7.11 Å². The summed E-state index contributed by atoms with van der Waals surface area (Å²) >= 11 is 0. The van der Waals surface area contributed by atoms with Gasteiger partial charge in [-0.2, -0.15) is 0 Å². The van der Waals surface area contributed by atoms with Gasteiger partial charge in [-0.25, -0.2) is 0 Å². The third kappa shape index (κ3) is 3.42. The summed E-state index contributed by atoms with van der Waals surface area (Å²) in [5.41, 5.74) is 3.57. The van der Waals surface area contributed by atoms with Gasteiger partial charge in [0.15, 0.2) is 0 Å². The van der Waals surface area contributed by atoms with Crippen molar-refractivity contribution in [2.24, 2.45) is 0 Å². The largest absolute Gasteiger partial charge is 0.495 e. The van der Waals surface area contributed by atoms with Crippen molar-refractivity contribution in [1.82, 2.24) is 4.90 Å². The first-order valence-electron chi connectivity index (χ1n) is 5.58. The van der Waals surface area contributed by atoms with E-state index in [2.05, 4.69) is 50.3 Å². The Kier molecular flexibility index (Phi) is 4.62. The van der Waals surface area contributed by atoms with Crippen molar-refractivity contribution >= 4 is 5.69 Å². The quantitative estimate of drug-likeness (QED) is 0.827. The molecule has 0 radical (unpaired) electrons. The maximum absolute atomic E-state index is 5.39. The lowest BCUT2D eigenvalue weighted by Crippen LogP contribution is -2.21. The van der Waals surface area contributed by atoms with E-state index >= 15 is 0 Å². The number of aryl methyl sites for hydroxylation is 2. The Morgan fingerprint density at radius 1 is 1.25 bits per heavy atom. The van der Waals surface area contributed by atoms with Gasteiger partial charge in [-0.05, 0) is 45.1 Å². The molecule has 0 bridgehead atoms. The number of nitrogens with zero attached hydrogens (tertiary/aromatic N) is 1. The molecule has 0 fully saturated rings. The average Bonchev–Trinajstić information content (AvgIpc) is 2.20. The van der Waals surface area contributed by atoms with Crippen molar-refractivity contribution in [3.8, 4) is 5.75 Å². The molecule has 0 unspecified atom stereocenters. The molecule has 0 aliphatic heterocycles. The van der Waals surface area contributed by atoms with E-state index in [4.69, 9.17) is 4.74 Å². The molecular formula is C13H22N2O. The Hall–Kier alpha value is -1.22. The van der Waals surface area contributed by atoms with Gasteiger partial charge < -0.3 is 15.0 Å². The minimum absolute atomic E-state index is 0.924. The van der Waals surface area contributed by atoms with Crippen molar-refractivity contribution in [3.63, 3.8) is 0 Å². The van der Waals surface area contributed by atoms with Crippen LogP contribution in [-0.4, -0.2) is 39.2 Å². The predicted octanol–water partition coefficient (Wildman–Crippen LogP) is 2.29. The van der Waals surface area contributed by atoms with Gasteiger partial charge in [0, 0.05) is 13.1 Å². The van der Waals surface area contributed by atoms with Gasteiger partial charge in [0.25, 0.3) is 0 Å². The molecule has 1 rings (SSSR count). The van der Waals surface area contributed by atoms with E-state index < -0.39 is 0 Å². The normalized spacial score (nSPS) is 10.6. The molecule has 0 aliphatic rings. The molecule has 1 aromatic rings. The standard InChI is InChI=1S/C13H22N2O/c1-10-8-11(2)13(12(9-10)16-5)14-6-7-15(3)4/h8-9,14H,6-7H2,1-5H3. The molecule has 0 saturated carbocycles. The monoisotopic (exact) mass is 222 g/mol. The maximum atomic E-state index is 5.39. The number of hydrogen-bond donors (Lipinski definition) is 1. The minimum atomic E-state index is 0.924. The molecule has 0 saturated heterocycles.